The first-order chi connectivity index (χ1) is 14.5. The summed E-state index contributed by atoms with van der Waals surface area (Å²) in [6, 6.07) is 5.79. The van der Waals surface area contributed by atoms with Gasteiger partial charge in [-0.2, -0.15) is 5.10 Å². The number of benzene rings is 1. The molecule has 0 radical (unpaired) electrons. The minimum absolute atomic E-state index is 0.00865. The van der Waals surface area contributed by atoms with Gasteiger partial charge in [-0.05, 0) is 63.3 Å². The molecule has 2 aliphatic heterocycles. The second-order valence-corrected chi connectivity index (χ2v) is 8.45. The average Bonchev–Trinajstić information content (AvgIpc) is 3.08. The molecule has 0 bridgehead atoms. The fraction of sp³-hybridized carbons (Fsp3) is 0.500. The fourth-order valence-corrected chi connectivity index (χ4v) is 4.71. The van der Waals surface area contributed by atoms with Crippen molar-refractivity contribution >= 4 is 23.4 Å². The summed E-state index contributed by atoms with van der Waals surface area (Å²) in [5, 5.41) is 4.60. The number of carbonyl (C=O) groups excluding carboxylic acids is 2. The van der Waals surface area contributed by atoms with Crippen molar-refractivity contribution in [3.05, 3.63) is 46.5 Å². The van der Waals surface area contributed by atoms with Crippen molar-refractivity contribution in [3.8, 4) is 5.69 Å². The van der Waals surface area contributed by atoms with E-state index in [0.717, 1.165) is 25.9 Å². The summed E-state index contributed by atoms with van der Waals surface area (Å²) in [4.78, 5) is 29.6. The van der Waals surface area contributed by atoms with E-state index in [-0.39, 0.29) is 28.7 Å². The number of aryl methyl sites for hydroxylation is 1. The highest BCUT2D eigenvalue weighted by Gasteiger charge is 2.33. The van der Waals surface area contributed by atoms with Gasteiger partial charge in [-0.1, -0.05) is 11.6 Å². The second kappa shape index (κ2) is 8.76. The number of rotatable bonds is 3. The number of carbonyl (C=O) groups is 2. The minimum Gasteiger partial charge on any atom is -0.342 e. The summed E-state index contributed by atoms with van der Waals surface area (Å²) in [6.07, 6.45) is 4.70. The zero-order valence-electron chi connectivity index (χ0n) is 17.1. The average molecular weight is 433 g/mol. The smallest absolute Gasteiger partial charge is 0.258 e. The lowest BCUT2D eigenvalue weighted by molar-refractivity contribution is -0.137. The van der Waals surface area contributed by atoms with Crippen LogP contribution in [-0.4, -0.2) is 57.6 Å². The topological polar surface area (TPSA) is 58.4 Å². The predicted octanol–water partition coefficient (Wildman–Crippen LogP) is 3.84. The number of hydrogen-bond donors (Lipinski definition) is 0. The molecule has 0 saturated carbocycles. The Morgan fingerprint density at radius 2 is 1.63 bits per heavy atom. The van der Waals surface area contributed by atoms with Gasteiger partial charge in [-0.3, -0.25) is 9.59 Å². The molecule has 0 unspecified atom stereocenters. The van der Waals surface area contributed by atoms with Crippen LogP contribution in [0.2, 0.25) is 5.15 Å². The maximum atomic E-state index is 13.2. The van der Waals surface area contributed by atoms with Crippen molar-refractivity contribution < 1.29 is 14.0 Å². The molecule has 30 heavy (non-hydrogen) atoms. The van der Waals surface area contributed by atoms with E-state index in [2.05, 4.69) is 5.10 Å². The first-order valence-corrected chi connectivity index (χ1v) is 10.9. The molecule has 3 heterocycles. The van der Waals surface area contributed by atoms with Gasteiger partial charge in [0.2, 0.25) is 5.91 Å². The van der Waals surface area contributed by atoms with E-state index in [1.165, 1.54) is 23.2 Å². The minimum atomic E-state index is -0.350. The van der Waals surface area contributed by atoms with Crippen molar-refractivity contribution in [1.82, 2.24) is 19.6 Å². The first-order valence-electron chi connectivity index (χ1n) is 10.5. The largest absolute Gasteiger partial charge is 0.342 e. The Morgan fingerprint density at radius 1 is 1.00 bits per heavy atom. The third-order valence-electron chi connectivity index (χ3n) is 6.09. The summed E-state index contributed by atoms with van der Waals surface area (Å²) >= 11 is 6.50. The van der Waals surface area contributed by atoms with Gasteiger partial charge in [0.15, 0.2) is 0 Å². The highest BCUT2D eigenvalue weighted by Crippen LogP contribution is 2.28. The van der Waals surface area contributed by atoms with E-state index in [9.17, 15) is 14.0 Å². The van der Waals surface area contributed by atoms with E-state index in [1.807, 2.05) is 4.90 Å². The van der Waals surface area contributed by atoms with Gasteiger partial charge in [-0.15, -0.1) is 0 Å². The highest BCUT2D eigenvalue weighted by molar-refractivity contribution is 6.33. The zero-order valence-corrected chi connectivity index (χ0v) is 17.9. The van der Waals surface area contributed by atoms with E-state index in [0.29, 0.717) is 42.9 Å². The summed E-state index contributed by atoms with van der Waals surface area (Å²) in [5.74, 6) is -0.294. The van der Waals surface area contributed by atoms with Gasteiger partial charge in [-0.25, -0.2) is 9.07 Å². The van der Waals surface area contributed by atoms with Crippen LogP contribution in [-0.2, 0) is 4.79 Å². The van der Waals surface area contributed by atoms with Crippen molar-refractivity contribution in [3.63, 3.8) is 0 Å². The molecule has 160 valence electrons. The van der Waals surface area contributed by atoms with Crippen LogP contribution in [0.4, 0.5) is 4.39 Å². The molecule has 2 fully saturated rings. The predicted molar refractivity (Wildman–Crippen MR) is 112 cm³/mol. The first kappa shape index (κ1) is 20.8. The fourth-order valence-electron chi connectivity index (χ4n) is 4.36. The molecule has 8 heteroatoms. The molecule has 4 rings (SSSR count). The summed E-state index contributed by atoms with van der Waals surface area (Å²) in [6.45, 7) is 4.51. The number of amides is 2. The third kappa shape index (κ3) is 4.08. The van der Waals surface area contributed by atoms with E-state index >= 15 is 0 Å². The summed E-state index contributed by atoms with van der Waals surface area (Å²) < 4.78 is 14.7. The normalized spacial score (nSPS) is 18.0. The molecule has 2 aliphatic rings. The van der Waals surface area contributed by atoms with Crippen molar-refractivity contribution in [2.45, 2.75) is 39.0 Å². The monoisotopic (exact) mass is 432 g/mol. The van der Waals surface area contributed by atoms with Crippen LogP contribution in [0, 0.1) is 18.7 Å². The molecule has 6 nitrogen and oxygen atoms in total. The Kier molecular flexibility index (Phi) is 6.09. The Balaban J connectivity index is 1.44. The summed E-state index contributed by atoms with van der Waals surface area (Å²) in [7, 11) is 0. The zero-order chi connectivity index (χ0) is 21.3. The van der Waals surface area contributed by atoms with E-state index in [4.69, 9.17) is 11.6 Å². The van der Waals surface area contributed by atoms with Crippen LogP contribution < -0.4 is 0 Å². The van der Waals surface area contributed by atoms with Gasteiger partial charge in [0.1, 0.15) is 11.0 Å². The molecular formula is C22H26ClFN4O2. The molecule has 2 amide bonds. The van der Waals surface area contributed by atoms with Gasteiger partial charge in [0.05, 0.1) is 16.9 Å². The van der Waals surface area contributed by atoms with Gasteiger partial charge in [0, 0.05) is 32.1 Å². The van der Waals surface area contributed by atoms with Crippen LogP contribution >= 0.6 is 11.6 Å². The Morgan fingerprint density at radius 3 is 2.27 bits per heavy atom. The Hall–Kier alpha value is -2.41. The Bertz CT molecular complexity index is 929. The molecule has 0 atom stereocenters. The molecule has 1 aromatic carbocycles. The van der Waals surface area contributed by atoms with Crippen LogP contribution in [0.5, 0.6) is 0 Å². The van der Waals surface area contributed by atoms with Crippen molar-refractivity contribution in [2.75, 3.05) is 26.2 Å². The van der Waals surface area contributed by atoms with E-state index in [1.54, 1.807) is 24.0 Å². The molecule has 2 aromatic rings. The number of likely N-dealkylation sites (tertiary alicyclic amines) is 2. The quantitative estimate of drug-likeness (QED) is 0.740. The second-order valence-electron chi connectivity index (χ2n) is 8.09. The van der Waals surface area contributed by atoms with E-state index < -0.39 is 0 Å². The lowest BCUT2D eigenvalue weighted by Crippen LogP contribution is -2.45. The van der Waals surface area contributed by atoms with Crippen LogP contribution in [0.25, 0.3) is 5.69 Å². The van der Waals surface area contributed by atoms with Crippen LogP contribution in [0.3, 0.4) is 0 Å². The van der Waals surface area contributed by atoms with Gasteiger partial charge < -0.3 is 9.80 Å². The number of halogens is 2. The number of hydrogen-bond acceptors (Lipinski definition) is 3. The molecule has 0 aliphatic carbocycles. The maximum Gasteiger partial charge on any atom is 0.258 e. The van der Waals surface area contributed by atoms with Crippen molar-refractivity contribution in [1.29, 1.82) is 0 Å². The number of nitrogens with zero attached hydrogens (tertiary/aromatic N) is 4. The standard InChI is InChI=1S/C22H26ClFN4O2/c1-15-19(20(23)28(25-15)18-7-5-17(24)6-8-18)22(30)27-13-9-16(10-14-27)21(29)26-11-3-2-4-12-26/h5-8,16H,2-4,9-14H2,1H3. The highest BCUT2D eigenvalue weighted by atomic mass is 35.5. The number of aromatic nitrogens is 2. The maximum absolute atomic E-state index is 13.2. The van der Waals surface area contributed by atoms with Crippen LogP contribution in [0.15, 0.2) is 24.3 Å². The molecular weight excluding hydrogens is 407 g/mol. The molecule has 2 saturated heterocycles. The van der Waals surface area contributed by atoms with Crippen molar-refractivity contribution in [2.24, 2.45) is 5.92 Å². The SMILES string of the molecule is Cc1nn(-c2ccc(F)cc2)c(Cl)c1C(=O)N1CCC(C(=O)N2CCCCC2)CC1. The summed E-state index contributed by atoms with van der Waals surface area (Å²) in [5.41, 5.74) is 1.48. The molecule has 0 N–H and O–H groups in total. The Labute approximate surface area is 180 Å². The molecule has 1 aromatic heterocycles. The third-order valence-corrected chi connectivity index (χ3v) is 6.44. The van der Waals surface area contributed by atoms with Gasteiger partial charge >= 0.3 is 0 Å². The lowest BCUT2D eigenvalue weighted by atomic mass is 9.94. The lowest BCUT2D eigenvalue weighted by Gasteiger charge is -2.35. The van der Waals surface area contributed by atoms with Gasteiger partial charge in [0.25, 0.3) is 5.91 Å². The van der Waals surface area contributed by atoms with Crippen LogP contribution in [0.1, 0.15) is 48.2 Å². The number of piperidine rings is 2. The molecule has 0 spiro atoms.